The highest BCUT2D eigenvalue weighted by molar-refractivity contribution is 5.06. The molecule has 0 aliphatic heterocycles. The predicted octanol–water partition coefficient (Wildman–Crippen LogP) is 0.898. The van der Waals surface area contributed by atoms with Gasteiger partial charge in [0.05, 0.1) is 0 Å². The molecular formula is C10H19N3. The van der Waals surface area contributed by atoms with Crippen LogP contribution < -0.4 is 5.73 Å². The summed E-state index contributed by atoms with van der Waals surface area (Å²) < 4.78 is 2.23. The number of rotatable bonds is 5. The van der Waals surface area contributed by atoms with Crippen LogP contribution in [0, 0.1) is 0 Å². The third-order valence-corrected chi connectivity index (χ3v) is 2.14. The van der Waals surface area contributed by atoms with Crippen molar-refractivity contribution in [2.45, 2.75) is 19.5 Å². The van der Waals surface area contributed by atoms with Gasteiger partial charge < -0.3 is 15.2 Å². The number of hydrogen-bond acceptors (Lipinski definition) is 2. The molecule has 74 valence electrons. The van der Waals surface area contributed by atoms with Crippen LogP contribution in [0.15, 0.2) is 18.3 Å². The van der Waals surface area contributed by atoms with Crippen LogP contribution in [0.1, 0.15) is 12.1 Å². The molecule has 1 heterocycles. The minimum absolute atomic E-state index is 0.634. The number of aryl methyl sites for hydroxylation is 1. The Morgan fingerprint density at radius 1 is 1.46 bits per heavy atom. The van der Waals surface area contributed by atoms with Crippen LogP contribution in [-0.2, 0) is 13.1 Å². The summed E-state index contributed by atoms with van der Waals surface area (Å²) >= 11 is 0. The highest BCUT2D eigenvalue weighted by Crippen LogP contribution is 2.02. The van der Waals surface area contributed by atoms with Gasteiger partial charge in [0.15, 0.2) is 0 Å². The van der Waals surface area contributed by atoms with Crippen molar-refractivity contribution in [3.05, 3.63) is 24.0 Å². The van der Waals surface area contributed by atoms with Gasteiger partial charge in [0.25, 0.3) is 0 Å². The second-order valence-electron chi connectivity index (χ2n) is 3.55. The molecule has 0 fully saturated rings. The third-order valence-electron chi connectivity index (χ3n) is 2.14. The third kappa shape index (κ3) is 3.20. The van der Waals surface area contributed by atoms with E-state index in [-0.39, 0.29) is 0 Å². The van der Waals surface area contributed by atoms with E-state index in [9.17, 15) is 0 Å². The van der Waals surface area contributed by atoms with Gasteiger partial charge in [0, 0.05) is 25.0 Å². The van der Waals surface area contributed by atoms with Gasteiger partial charge >= 0.3 is 0 Å². The zero-order chi connectivity index (χ0) is 9.68. The molecule has 0 unspecified atom stereocenters. The fourth-order valence-corrected chi connectivity index (χ4v) is 1.41. The molecule has 1 aromatic heterocycles. The average Bonchev–Trinajstić information content (AvgIpc) is 2.51. The zero-order valence-corrected chi connectivity index (χ0v) is 8.53. The van der Waals surface area contributed by atoms with Crippen LogP contribution in [0.3, 0.4) is 0 Å². The number of aromatic nitrogens is 1. The molecule has 0 aromatic carbocycles. The first-order chi connectivity index (χ1) is 6.24. The zero-order valence-electron chi connectivity index (χ0n) is 8.53. The molecule has 0 atom stereocenters. The molecule has 3 heteroatoms. The molecule has 0 bridgehead atoms. The molecule has 0 saturated carbocycles. The standard InChI is InChI=1S/C10H19N3/c1-12(2)6-4-8-13-7-3-5-10(13)9-11/h3,5,7H,4,6,8-9,11H2,1-2H3. The highest BCUT2D eigenvalue weighted by Gasteiger charge is 1.97. The minimum atomic E-state index is 0.634. The lowest BCUT2D eigenvalue weighted by atomic mass is 10.3. The molecule has 0 radical (unpaired) electrons. The first kappa shape index (κ1) is 10.3. The lowest BCUT2D eigenvalue weighted by Gasteiger charge is -2.11. The van der Waals surface area contributed by atoms with Gasteiger partial charge in [-0.15, -0.1) is 0 Å². The Labute approximate surface area is 80.1 Å². The molecule has 3 nitrogen and oxygen atoms in total. The summed E-state index contributed by atoms with van der Waals surface area (Å²) in [6.07, 6.45) is 3.27. The minimum Gasteiger partial charge on any atom is -0.350 e. The Kier molecular flexibility index (Phi) is 3.99. The van der Waals surface area contributed by atoms with E-state index in [1.807, 2.05) is 0 Å². The van der Waals surface area contributed by atoms with Crippen molar-refractivity contribution >= 4 is 0 Å². The fraction of sp³-hybridized carbons (Fsp3) is 0.600. The normalized spacial score (nSPS) is 11.1. The van der Waals surface area contributed by atoms with E-state index < -0.39 is 0 Å². The van der Waals surface area contributed by atoms with E-state index >= 15 is 0 Å². The van der Waals surface area contributed by atoms with Gasteiger partial charge in [0.2, 0.25) is 0 Å². The molecule has 0 saturated heterocycles. The van der Waals surface area contributed by atoms with Crippen LogP contribution >= 0.6 is 0 Å². The largest absolute Gasteiger partial charge is 0.350 e. The molecular weight excluding hydrogens is 162 g/mol. The second-order valence-corrected chi connectivity index (χ2v) is 3.55. The Morgan fingerprint density at radius 3 is 2.85 bits per heavy atom. The van der Waals surface area contributed by atoms with Crippen molar-refractivity contribution in [1.29, 1.82) is 0 Å². The van der Waals surface area contributed by atoms with Crippen LogP contribution in [0.4, 0.5) is 0 Å². The lowest BCUT2D eigenvalue weighted by Crippen LogP contribution is -2.16. The van der Waals surface area contributed by atoms with Crippen molar-refractivity contribution < 1.29 is 0 Å². The maximum Gasteiger partial charge on any atom is 0.0334 e. The predicted molar refractivity (Wildman–Crippen MR) is 55.5 cm³/mol. The summed E-state index contributed by atoms with van der Waals surface area (Å²) in [4.78, 5) is 2.20. The summed E-state index contributed by atoms with van der Waals surface area (Å²) in [5, 5.41) is 0. The van der Waals surface area contributed by atoms with E-state index in [4.69, 9.17) is 5.73 Å². The molecule has 1 rings (SSSR count). The SMILES string of the molecule is CN(C)CCCn1cccc1CN. The topological polar surface area (TPSA) is 34.2 Å². The number of hydrogen-bond donors (Lipinski definition) is 1. The molecule has 0 aliphatic carbocycles. The monoisotopic (exact) mass is 181 g/mol. The van der Waals surface area contributed by atoms with E-state index in [1.54, 1.807) is 0 Å². The van der Waals surface area contributed by atoms with E-state index in [1.165, 1.54) is 12.1 Å². The first-order valence-corrected chi connectivity index (χ1v) is 4.73. The summed E-state index contributed by atoms with van der Waals surface area (Å²) in [6, 6.07) is 4.13. The second kappa shape index (κ2) is 5.04. The van der Waals surface area contributed by atoms with Gasteiger partial charge in [-0.3, -0.25) is 0 Å². The van der Waals surface area contributed by atoms with Gasteiger partial charge in [-0.2, -0.15) is 0 Å². The summed E-state index contributed by atoms with van der Waals surface area (Å²) in [6.45, 7) is 2.83. The van der Waals surface area contributed by atoms with Crippen molar-refractivity contribution in [2.24, 2.45) is 5.73 Å². The highest BCUT2D eigenvalue weighted by atomic mass is 15.1. The van der Waals surface area contributed by atoms with Crippen molar-refractivity contribution in [1.82, 2.24) is 9.47 Å². The van der Waals surface area contributed by atoms with Crippen LogP contribution in [0.2, 0.25) is 0 Å². The number of nitrogens with two attached hydrogens (primary N) is 1. The van der Waals surface area contributed by atoms with Gasteiger partial charge in [0.1, 0.15) is 0 Å². The van der Waals surface area contributed by atoms with E-state index in [0.29, 0.717) is 6.54 Å². The average molecular weight is 181 g/mol. The Balaban J connectivity index is 2.36. The first-order valence-electron chi connectivity index (χ1n) is 4.73. The van der Waals surface area contributed by atoms with Crippen LogP contribution in [-0.4, -0.2) is 30.1 Å². The molecule has 0 aliphatic rings. The Hall–Kier alpha value is -0.800. The summed E-state index contributed by atoms with van der Waals surface area (Å²) in [7, 11) is 4.19. The Bertz CT molecular complexity index is 240. The van der Waals surface area contributed by atoms with Gasteiger partial charge in [-0.05, 0) is 39.2 Å². The summed E-state index contributed by atoms with van der Waals surface area (Å²) in [5.74, 6) is 0. The maximum absolute atomic E-state index is 5.60. The fourth-order valence-electron chi connectivity index (χ4n) is 1.41. The van der Waals surface area contributed by atoms with E-state index in [2.05, 4.69) is 41.9 Å². The quantitative estimate of drug-likeness (QED) is 0.732. The smallest absolute Gasteiger partial charge is 0.0334 e. The van der Waals surface area contributed by atoms with Gasteiger partial charge in [-0.25, -0.2) is 0 Å². The molecule has 0 spiro atoms. The molecule has 0 amide bonds. The van der Waals surface area contributed by atoms with Crippen molar-refractivity contribution in [3.8, 4) is 0 Å². The Morgan fingerprint density at radius 2 is 2.23 bits per heavy atom. The van der Waals surface area contributed by atoms with Crippen LogP contribution in [0.25, 0.3) is 0 Å². The molecule has 13 heavy (non-hydrogen) atoms. The van der Waals surface area contributed by atoms with E-state index in [0.717, 1.165) is 13.1 Å². The van der Waals surface area contributed by atoms with Gasteiger partial charge in [-0.1, -0.05) is 0 Å². The summed E-state index contributed by atoms with van der Waals surface area (Å²) in [5.41, 5.74) is 6.82. The van der Waals surface area contributed by atoms with Crippen molar-refractivity contribution in [2.75, 3.05) is 20.6 Å². The molecule has 1 aromatic rings. The number of nitrogens with zero attached hydrogens (tertiary/aromatic N) is 2. The lowest BCUT2D eigenvalue weighted by molar-refractivity contribution is 0.385. The van der Waals surface area contributed by atoms with Crippen molar-refractivity contribution in [3.63, 3.8) is 0 Å². The van der Waals surface area contributed by atoms with Crippen LogP contribution in [0.5, 0.6) is 0 Å². The maximum atomic E-state index is 5.60. The molecule has 2 N–H and O–H groups in total.